The van der Waals surface area contributed by atoms with Gasteiger partial charge in [-0.1, -0.05) is 0 Å². The minimum atomic E-state index is -0.364. The highest BCUT2D eigenvalue weighted by Gasteiger charge is 2.23. The predicted octanol–water partition coefficient (Wildman–Crippen LogP) is -0.00230. The summed E-state index contributed by atoms with van der Waals surface area (Å²) in [7, 11) is 0. The molecule has 0 spiro atoms. The van der Waals surface area contributed by atoms with Gasteiger partial charge in [-0.3, -0.25) is 4.79 Å². The van der Waals surface area contributed by atoms with E-state index in [0.29, 0.717) is 18.6 Å². The molecule has 1 saturated carbocycles. The van der Waals surface area contributed by atoms with Gasteiger partial charge in [0.1, 0.15) is 6.54 Å². The topological polar surface area (TPSA) is 95.1 Å². The fraction of sp³-hybridized carbons (Fsp3) is 0.667. The second-order valence-electron chi connectivity index (χ2n) is 3.67. The van der Waals surface area contributed by atoms with E-state index in [9.17, 15) is 4.79 Å². The van der Waals surface area contributed by atoms with Gasteiger partial charge in [0.25, 0.3) is 0 Å². The highest BCUT2D eigenvalue weighted by Crippen LogP contribution is 2.23. The molecule has 0 unspecified atom stereocenters. The third-order valence-electron chi connectivity index (χ3n) is 2.20. The quantitative estimate of drug-likeness (QED) is 0.685. The molecule has 7 heteroatoms. The average Bonchev–Trinajstić information content (AvgIpc) is 2.94. The predicted molar refractivity (Wildman–Crippen MR) is 57.7 cm³/mol. The molecule has 1 heterocycles. The Morgan fingerprint density at radius 1 is 1.69 bits per heavy atom. The van der Waals surface area contributed by atoms with Gasteiger partial charge in [0.15, 0.2) is 0 Å². The van der Waals surface area contributed by atoms with Crippen molar-refractivity contribution >= 4 is 17.9 Å². The first kappa shape index (κ1) is 10.7. The molecule has 1 aliphatic carbocycles. The van der Waals surface area contributed by atoms with Gasteiger partial charge in [0, 0.05) is 6.04 Å². The fourth-order valence-corrected chi connectivity index (χ4v) is 1.27. The first-order valence-corrected chi connectivity index (χ1v) is 5.31. The van der Waals surface area contributed by atoms with Gasteiger partial charge in [-0.15, -0.1) is 5.10 Å². The zero-order valence-electron chi connectivity index (χ0n) is 9.14. The van der Waals surface area contributed by atoms with E-state index in [2.05, 4.69) is 15.4 Å². The van der Waals surface area contributed by atoms with Crippen LogP contribution in [0, 0.1) is 0 Å². The summed E-state index contributed by atoms with van der Waals surface area (Å²) in [5, 5.41) is 7.19. The molecule has 1 aromatic rings. The van der Waals surface area contributed by atoms with E-state index in [1.807, 2.05) is 0 Å². The van der Waals surface area contributed by atoms with Crippen LogP contribution < -0.4 is 11.1 Å². The normalized spacial score (nSPS) is 14.8. The Kier molecular flexibility index (Phi) is 2.93. The zero-order valence-corrected chi connectivity index (χ0v) is 9.14. The van der Waals surface area contributed by atoms with Crippen LogP contribution in [-0.2, 0) is 16.1 Å². The van der Waals surface area contributed by atoms with Crippen LogP contribution in [0.1, 0.15) is 19.8 Å². The van der Waals surface area contributed by atoms with Crippen molar-refractivity contribution in [3.63, 3.8) is 0 Å². The number of hydrogen-bond acceptors (Lipinski definition) is 6. The van der Waals surface area contributed by atoms with Gasteiger partial charge in [-0.25, -0.2) is 4.68 Å². The number of carbonyl (C=O) groups is 1. The van der Waals surface area contributed by atoms with Crippen LogP contribution in [0.5, 0.6) is 0 Å². The van der Waals surface area contributed by atoms with Crippen LogP contribution >= 0.6 is 0 Å². The number of esters is 1. The number of nitrogens with zero attached hydrogens (tertiary/aromatic N) is 3. The van der Waals surface area contributed by atoms with Crippen molar-refractivity contribution < 1.29 is 9.53 Å². The molecule has 88 valence electrons. The first-order valence-electron chi connectivity index (χ1n) is 5.31. The maximum Gasteiger partial charge on any atom is 0.327 e. The molecule has 0 atom stereocenters. The first-order chi connectivity index (χ1) is 7.69. The number of nitrogen functional groups attached to an aromatic ring is 1. The minimum Gasteiger partial charge on any atom is -0.465 e. The fourth-order valence-electron chi connectivity index (χ4n) is 1.27. The summed E-state index contributed by atoms with van der Waals surface area (Å²) in [4.78, 5) is 15.2. The summed E-state index contributed by atoms with van der Waals surface area (Å²) in [6.45, 7) is 2.10. The molecular weight excluding hydrogens is 210 g/mol. The maximum absolute atomic E-state index is 11.2. The largest absolute Gasteiger partial charge is 0.465 e. The number of hydrogen-bond donors (Lipinski definition) is 2. The van der Waals surface area contributed by atoms with E-state index in [1.165, 1.54) is 4.68 Å². The van der Waals surface area contributed by atoms with E-state index < -0.39 is 0 Å². The standard InChI is InChI=1S/C9H15N5O2/c1-2-16-7(15)5-14-8(10)12-9(13-14)11-6-3-4-6/h6H,2-5H2,1H3,(H3,10,11,12,13). The third kappa shape index (κ3) is 2.62. The summed E-state index contributed by atoms with van der Waals surface area (Å²) in [5.41, 5.74) is 5.62. The zero-order chi connectivity index (χ0) is 11.5. The molecule has 3 N–H and O–H groups in total. The second-order valence-corrected chi connectivity index (χ2v) is 3.67. The second kappa shape index (κ2) is 4.38. The highest BCUT2D eigenvalue weighted by atomic mass is 16.5. The van der Waals surface area contributed by atoms with Crippen LogP contribution in [0.4, 0.5) is 11.9 Å². The molecule has 0 amide bonds. The highest BCUT2D eigenvalue weighted by molar-refractivity contribution is 5.69. The van der Waals surface area contributed by atoms with Crippen LogP contribution in [0.15, 0.2) is 0 Å². The van der Waals surface area contributed by atoms with Gasteiger partial charge < -0.3 is 15.8 Å². The van der Waals surface area contributed by atoms with E-state index in [-0.39, 0.29) is 18.5 Å². The van der Waals surface area contributed by atoms with Crippen molar-refractivity contribution in [1.82, 2.24) is 14.8 Å². The van der Waals surface area contributed by atoms with Crippen molar-refractivity contribution in [3.8, 4) is 0 Å². The van der Waals surface area contributed by atoms with Crippen molar-refractivity contribution in [3.05, 3.63) is 0 Å². The molecule has 7 nitrogen and oxygen atoms in total. The van der Waals surface area contributed by atoms with Crippen LogP contribution in [0.25, 0.3) is 0 Å². The lowest BCUT2D eigenvalue weighted by molar-refractivity contribution is -0.143. The lowest BCUT2D eigenvalue weighted by Crippen LogP contribution is -2.16. The van der Waals surface area contributed by atoms with E-state index >= 15 is 0 Å². The minimum absolute atomic E-state index is 0.000972. The number of ether oxygens (including phenoxy) is 1. The summed E-state index contributed by atoms with van der Waals surface area (Å²) in [5.74, 6) is 0.331. The van der Waals surface area contributed by atoms with Gasteiger partial charge >= 0.3 is 5.97 Å². The van der Waals surface area contributed by atoms with Crippen LogP contribution in [0.3, 0.4) is 0 Å². The molecule has 1 aromatic heterocycles. The average molecular weight is 225 g/mol. The Bertz CT molecular complexity index is 385. The molecule has 0 radical (unpaired) electrons. The SMILES string of the molecule is CCOC(=O)Cn1nc(NC2CC2)nc1N. The van der Waals surface area contributed by atoms with Crippen molar-refractivity contribution in [2.24, 2.45) is 0 Å². The summed E-state index contributed by atoms with van der Waals surface area (Å²) >= 11 is 0. The molecule has 2 rings (SSSR count). The molecule has 1 fully saturated rings. The van der Waals surface area contributed by atoms with Gasteiger partial charge in [0.2, 0.25) is 11.9 Å². The summed E-state index contributed by atoms with van der Waals surface area (Å²) in [6.07, 6.45) is 2.26. The van der Waals surface area contributed by atoms with Crippen LogP contribution in [-0.4, -0.2) is 33.4 Å². The summed E-state index contributed by atoms with van der Waals surface area (Å²) in [6, 6.07) is 0.456. The Morgan fingerprint density at radius 3 is 3.06 bits per heavy atom. The Hall–Kier alpha value is -1.79. The Morgan fingerprint density at radius 2 is 2.44 bits per heavy atom. The Balaban J connectivity index is 1.96. The molecule has 0 bridgehead atoms. The maximum atomic E-state index is 11.2. The molecular formula is C9H15N5O2. The van der Waals surface area contributed by atoms with Crippen LogP contribution in [0.2, 0.25) is 0 Å². The monoisotopic (exact) mass is 225 g/mol. The number of aromatic nitrogens is 3. The van der Waals surface area contributed by atoms with Crippen molar-refractivity contribution in [1.29, 1.82) is 0 Å². The number of rotatable bonds is 5. The van der Waals surface area contributed by atoms with Gasteiger partial charge in [-0.2, -0.15) is 4.98 Å². The lowest BCUT2D eigenvalue weighted by atomic mass is 10.6. The van der Waals surface area contributed by atoms with Gasteiger partial charge in [-0.05, 0) is 19.8 Å². The molecule has 0 aliphatic heterocycles. The third-order valence-corrected chi connectivity index (χ3v) is 2.20. The van der Waals surface area contributed by atoms with Gasteiger partial charge in [0.05, 0.1) is 6.61 Å². The molecule has 1 aliphatic rings. The van der Waals surface area contributed by atoms with Crippen molar-refractivity contribution in [2.45, 2.75) is 32.4 Å². The molecule has 0 saturated heterocycles. The molecule has 16 heavy (non-hydrogen) atoms. The number of nitrogens with two attached hydrogens (primary N) is 1. The van der Waals surface area contributed by atoms with E-state index in [1.54, 1.807) is 6.92 Å². The number of nitrogens with one attached hydrogen (secondary N) is 1. The lowest BCUT2D eigenvalue weighted by Gasteiger charge is -2.01. The summed E-state index contributed by atoms with van der Waals surface area (Å²) < 4.78 is 6.14. The number of anilines is 2. The smallest absolute Gasteiger partial charge is 0.327 e. The van der Waals surface area contributed by atoms with Crippen molar-refractivity contribution in [2.75, 3.05) is 17.7 Å². The van der Waals surface area contributed by atoms with E-state index in [4.69, 9.17) is 10.5 Å². The molecule has 0 aromatic carbocycles. The Labute approximate surface area is 93.0 Å². The number of carbonyl (C=O) groups excluding carboxylic acids is 1. The van der Waals surface area contributed by atoms with E-state index in [0.717, 1.165) is 12.8 Å².